The van der Waals surface area contributed by atoms with Gasteiger partial charge in [0.15, 0.2) is 0 Å². The minimum absolute atomic E-state index is 0.106. The average molecular weight is 334 g/mol. The van der Waals surface area contributed by atoms with Crippen molar-refractivity contribution in [3.05, 3.63) is 65.8 Å². The number of aromatic nitrogens is 3. The van der Waals surface area contributed by atoms with Crippen LogP contribution >= 0.6 is 0 Å². The molecule has 3 aromatic rings. The van der Waals surface area contributed by atoms with E-state index in [0.29, 0.717) is 37.6 Å². The number of benzene rings is 1. The van der Waals surface area contributed by atoms with Gasteiger partial charge in [-0.05, 0) is 11.6 Å². The maximum atomic E-state index is 12.5. The van der Waals surface area contributed by atoms with Gasteiger partial charge >= 0.3 is 0 Å². The molecule has 1 aliphatic heterocycles. The van der Waals surface area contributed by atoms with Crippen molar-refractivity contribution in [3.63, 3.8) is 0 Å². The van der Waals surface area contributed by atoms with Crippen LogP contribution in [0, 0.1) is 0 Å². The van der Waals surface area contributed by atoms with E-state index in [4.69, 9.17) is 4.52 Å². The molecule has 0 radical (unpaired) electrons. The summed E-state index contributed by atoms with van der Waals surface area (Å²) in [6.45, 7) is 1.34. The second-order valence-electron chi connectivity index (χ2n) is 6.05. The quantitative estimate of drug-likeness (QED) is 0.733. The molecule has 0 fully saturated rings. The van der Waals surface area contributed by atoms with E-state index in [9.17, 15) is 4.79 Å². The Morgan fingerprint density at radius 2 is 2.04 bits per heavy atom. The van der Waals surface area contributed by atoms with Crippen molar-refractivity contribution in [2.75, 3.05) is 6.54 Å². The minimum Gasteiger partial charge on any atom is -0.339 e. The van der Waals surface area contributed by atoms with Crippen LogP contribution in [-0.4, -0.2) is 32.5 Å². The lowest BCUT2D eigenvalue weighted by Crippen LogP contribution is -2.36. The lowest BCUT2D eigenvalue weighted by atomic mass is 10.1. The first kappa shape index (κ1) is 15.5. The molecular formula is C19H18N4O2. The summed E-state index contributed by atoms with van der Waals surface area (Å²) in [4.78, 5) is 23.1. The number of carbonyl (C=O) groups excluding carboxylic acids is 1. The molecule has 0 aliphatic carbocycles. The molecule has 0 bridgehead atoms. The molecule has 0 spiro atoms. The fourth-order valence-electron chi connectivity index (χ4n) is 3.01. The third kappa shape index (κ3) is 3.42. The summed E-state index contributed by atoms with van der Waals surface area (Å²) in [7, 11) is 0. The average Bonchev–Trinajstić information content (AvgIpc) is 3.15. The van der Waals surface area contributed by atoms with Crippen LogP contribution in [0.2, 0.25) is 0 Å². The molecule has 0 atom stereocenters. The number of amides is 1. The zero-order valence-electron chi connectivity index (χ0n) is 13.8. The van der Waals surface area contributed by atoms with Crippen LogP contribution in [0.1, 0.15) is 23.6 Å². The summed E-state index contributed by atoms with van der Waals surface area (Å²) >= 11 is 0. The lowest BCUT2D eigenvalue weighted by Gasteiger charge is -2.28. The van der Waals surface area contributed by atoms with E-state index in [0.717, 1.165) is 23.2 Å². The summed E-state index contributed by atoms with van der Waals surface area (Å²) in [5, 5.41) is 3.99. The molecule has 6 nitrogen and oxygen atoms in total. The number of nitrogens with zero attached hydrogens (tertiary/aromatic N) is 4. The van der Waals surface area contributed by atoms with Crippen molar-refractivity contribution in [2.45, 2.75) is 25.8 Å². The Labute approximate surface area is 145 Å². The van der Waals surface area contributed by atoms with Gasteiger partial charge in [-0.1, -0.05) is 41.6 Å². The van der Waals surface area contributed by atoms with Gasteiger partial charge in [-0.3, -0.25) is 9.78 Å². The third-order valence-corrected chi connectivity index (χ3v) is 4.37. The lowest BCUT2D eigenvalue weighted by molar-refractivity contribution is -0.132. The second kappa shape index (κ2) is 6.84. The molecule has 3 heterocycles. The maximum Gasteiger partial charge on any atom is 0.227 e. The molecule has 4 rings (SSSR count). The Bertz CT molecular complexity index is 876. The SMILES string of the molecule is O=C(CCc1nc(-c2ccccc2)no1)N1CCc2ncccc2C1. The smallest absolute Gasteiger partial charge is 0.227 e. The van der Waals surface area contributed by atoms with Crippen molar-refractivity contribution >= 4 is 5.91 Å². The number of hydrogen-bond acceptors (Lipinski definition) is 5. The zero-order valence-corrected chi connectivity index (χ0v) is 13.8. The highest BCUT2D eigenvalue weighted by Gasteiger charge is 2.21. The Balaban J connectivity index is 1.36. The van der Waals surface area contributed by atoms with Gasteiger partial charge in [-0.15, -0.1) is 0 Å². The fourth-order valence-corrected chi connectivity index (χ4v) is 3.01. The van der Waals surface area contributed by atoms with Crippen molar-refractivity contribution in [3.8, 4) is 11.4 Å². The van der Waals surface area contributed by atoms with Gasteiger partial charge in [-0.25, -0.2) is 0 Å². The maximum absolute atomic E-state index is 12.5. The van der Waals surface area contributed by atoms with Crippen molar-refractivity contribution in [1.82, 2.24) is 20.0 Å². The van der Waals surface area contributed by atoms with E-state index in [1.165, 1.54) is 0 Å². The molecule has 0 unspecified atom stereocenters. The molecule has 1 aliphatic rings. The van der Waals surface area contributed by atoms with Gasteiger partial charge in [0.1, 0.15) is 0 Å². The predicted octanol–water partition coefficient (Wildman–Crippen LogP) is 2.65. The summed E-state index contributed by atoms with van der Waals surface area (Å²) in [5.74, 6) is 1.15. The van der Waals surface area contributed by atoms with Crippen LogP contribution in [-0.2, 0) is 24.2 Å². The first-order valence-electron chi connectivity index (χ1n) is 8.38. The molecule has 1 aromatic carbocycles. The van der Waals surface area contributed by atoms with Crippen LogP contribution in [0.5, 0.6) is 0 Å². The van der Waals surface area contributed by atoms with E-state index < -0.39 is 0 Å². The molecule has 126 valence electrons. The molecule has 2 aromatic heterocycles. The highest BCUT2D eigenvalue weighted by Crippen LogP contribution is 2.18. The van der Waals surface area contributed by atoms with Gasteiger partial charge in [0.05, 0.1) is 0 Å². The third-order valence-electron chi connectivity index (χ3n) is 4.37. The van der Waals surface area contributed by atoms with Crippen molar-refractivity contribution in [1.29, 1.82) is 0 Å². The number of carbonyl (C=O) groups is 1. The number of rotatable bonds is 4. The Hall–Kier alpha value is -3.02. The van der Waals surface area contributed by atoms with Gasteiger partial charge in [-0.2, -0.15) is 4.98 Å². The fraction of sp³-hybridized carbons (Fsp3) is 0.263. The van der Waals surface area contributed by atoms with Crippen LogP contribution in [0.25, 0.3) is 11.4 Å². The van der Waals surface area contributed by atoms with Gasteiger partial charge in [0.2, 0.25) is 17.6 Å². The zero-order chi connectivity index (χ0) is 17.1. The number of aryl methyl sites for hydroxylation is 1. The summed E-state index contributed by atoms with van der Waals surface area (Å²) < 4.78 is 5.27. The molecule has 0 saturated heterocycles. The second-order valence-corrected chi connectivity index (χ2v) is 6.05. The highest BCUT2D eigenvalue weighted by atomic mass is 16.5. The highest BCUT2D eigenvalue weighted by molar-refractivity contribution is 5.76. The Kier molecular flexibility index (Phi) is 4.24. The van der Waals surface area contributed by atoms with Crippen LogP contribution in [0.15, 0.2) is 53.2 Å². The molecule has 25 heavy (non-hydrogen) atoms. The van der Waals surface area contributed by atoms with Gasteiger partial charge < -0.3 is 9.42 Å². The van der Waals surface area contributed by atoms with E-state index in [-0.39, 0.29) is 5.91 Å². The minimum atomic E-state index is 0.106. The van der Waals surface area contributed by atoms with E-state index in [1.54, 1.807) is 6.20 Å². The Morgan fingerprint density at radius 1 is 1.16 bits per heavy atom. The molecule has 6 heteroatoms. The Morgan fingerprint density at radius 3 is 2.92 bits per heavy atom. The first-order valence-corrected chi connectivity index (χ1v) is 8.38. The van der Waals surface area contributed by atoms with Gasteiger partial charge in [0.25, 0.3) is 0 Å². The number of hydrogen-bond donors (Lipinski definition) is 0. The summed E-state index contributed by atoms with van der Waals surface area (Å²) in [6.07, 6.45) is 3.43. The summed E-state index contributed by atoms with van der Waals surface area (Å²) in [6, 6.07) is 13.6. The van der Waals surface area contributed by atoms with Crippen LogP contribution < -0.4 is 0 Å². The van der Waals surface area contributed by atoms with E-state index >= 15 is 0 Å². The molecule has 0 saturated carbocycles. The van der Waals surface area contributed by atoms with Crippen molar-refractivity contribution < 1.29 is 9.32 Å². The number of fused-ring (bicyclic) bond motifs is 1. The van der Waals surface area contributed by atoms with Gasteiger partial charge in [0, 0.05) is 49.8 Å². The predicted molar refractivity (Wildman–Crippen MR) is 91.4 cm³/mol. The monoisotopic (exact) mass is 334 g/mol. The van der Waals surface area contributed by atoms with E-state index in [1.807, 2.05) is 47.4 Å². The molecular weight excluding hydrogens is 316 g/mol. The van der Waals surface area contributed by atoms with Crippen LogP contribution in [0.4, 0.5) is 0 Å². The molecule has 0 N–H and O–H groups in total. The van der Waals surface area contributed by atoms with E-state index in [2.05, 4.69) is 15.1 Å². The number of pyridine rings is 1. The van der Waals surface area contributed by atoms with Crippen molar-refractivity contribution in [2.24, 2.45) is 0 Å². The largest absolute Gasteiger partial charge is 0.339 e. The van der Waals surface area contributed by atoms with Crippen LogP contribution in [0.3, 0.4) is 0 Å². The summed E-state index contributed by atoms with van der Waals surface area (Å²) in [5.41, 5.74) is 3.13. The topological polar surface area (TPSA) is 72.1 Å². The molecule has 1 amide bonds. The first-order chi connectivity index (χ1) is 12.3. The normalized spacial score (nSPS) is 13.5. The standard InChI is InChI=1S/C19H18N4O2/c24-18(23-12-10-16-15(13-23)7-4-11-20-16)9-8-17-21-19(22-25-17)14-5-2-1-3-6-14/h1-7,11H,8-10,12-13H2.